The summed E-state index contributed by atoms with van der Waals surface area (Å²) in [4.78, 5) is 11.8. The standard InChI is InChI=1S/C18H22FN5S/c1-12-24-15(11-25-12)6-8-22-18(20-2)21-7-5-13-10-23-17-9-14(19)3-4-16(13)17/h3-4,9-11,23H,5-8H2,1-2H3,(H2,20,21,22). The Balaban J connectivity index is 1.46. The Labute approximate surface area is 150 Å². The maximum atomic E-state index is 13.2. The minimum atomic E-state index is -0.223. The number of H-pyrrole nitrogens is 1. The molecule has 5 nitrogen and oxygen atoms in total. The third-order valence-electron chi connectivity index (χ3n) is 3.98. The van der Waals surface area contributed by atoms with Crippen LogP contribution in [0, 0.1) is 12.7 Å². The van der Waals surface area contributed by atoms with E-state index >= 15 is 0 Å². The second kappa shape index (κ2) is 8.11. The Bertz CT molecular complexity index is 867. The minimum absolute atomic E-state index is 0.223. The van der Waals surface area contributed by atoms with Crippen LogP contribution >= 0.6 is 11.3 Å². The molecular formula is C18H22FN5S. The van der Waals surface area contributed by atoms with E-state index in [1.54, 1.807) is 18.4 Å². The van der Waals surface area contributed by atoms with Crippen LogP contribution < -0.4 is 10.6 Å². The molecule has 0 amide bonds. The maximum absolute atomic E-state index is 13.2. The molecule has 0 fully saturated rings. The quantitative estimate of drug-likeness (QED) is 0.468. The van der Waals surface area contributed by atoms with E-state index in [4.69, 9.17) is 0 Å². The summed E-state index contributed by atoms with van der Waals surface area (Å²) in [5.41, 5.74) is 3.10. The zero-order valence-electron chi connectivity index (χ0n) is 14.4. The van der Waals surface area contributed by atoms with Crippen molar-refractivity contribution in [3.05, 3.63) is 51.9 Å². The summed E-state index contributed by atoms with van der Waals surface area (Å²) < 4.78 is 13.2. The van der Waals surface area contributed by atoms with Crippen LogP contribution in [0.15, 0.2) is 34.8 Å². The molecule has 2 heterocycles. The van der Waals surface area contributed by atoms with E-state index in [1.807, 2.05) is 19.2 Å². The number of aryl methyl sites for hydroxylation is 1. The van der Waals surface area contributed by atoms with E-state index in [-0.39, 0.29) is 5.82 Å². The number of guanidine groups is 1. The zero-order valence-corrected chi connectivity index (χ0v) is 15.2. The molecule has 0 aliphatic rings. The van der Waals surface area contributed by atoms with Gasteiger partial charge in [0.25, 0.3) is 0 Å². The van der Waals surface area contributed by atoms with Gasteiger partial charge >= 0.3 is 0 Å². The van der Waals surface area contributed by atoms with Crippen LogP contribution in [0.2, 0.25) is 0 Å². The van der Waals surface area contributed by atoms with Gasteiger partial charge in [-0.3, -0.25) is 4.99 Å². The number of nitrogens with one attached hydrogen (secondary N) is 3. The number of hydrogen-bond acceptors (Lipinski definition) is 3. The van der Waals surface area contributed by atoms with Crippen molar-refractivity contribution in [2.75, 3.05) is 20.1 Å². The average Bonchev–Trinajstić information content (AvgIpc) is 3.19. The normalized spacial score (nSPS) is 11.9. The maximum Gasteiger partial charge on any atom is 0.190 e. The van der Waals surface area contributed by atoms with E-state index in [2.05, 4.69) is 31.0 Å². The van der Waals surface area contributed by atoms with Gasteiger partial charge in [0.1, 0.15) is 5.82 Å². The van der Waals surface area contributed by atoms with Crippen molar-refractivity contribution < 1.29 is 4.39 Å². The van der Waals surface area contributed by atoms with Crippen molar-refractivity contribution in [1.29, 1.82) is 0 Å². The molecule has 0 aliphatic heterocycles. The Morgan fingerprint density at radius 2 is 2.08 bits per heavy atom. The van der Waals surface area contributed by atoms with Crippen LogP contribution in [0.1, 0.15) is 16.3 Å². The van der Waals surface area contributed by atoms with Crippen molar-refractivity contribution in [3.63, 3.8) is 0 Å². The molecule has 0 aliphatic carbocycles. The van der Waals surface area contributed by atoms with Crippen LogP contribution in [-0.2, 0) is 12.8 Å². The lowest BCUT2D eigenvalue weighted by molar-refractivity contribution is 0.629. The Morgan fingerprint density at radius 1 is 1.28 bits per heavy atom. The summed E-state index contributed by atoms with van der Waals surface area (Å²) in [5, 5.41) is 10.9. The van der Waals surface area contributed by atoms with E-state index < -0.39 is 0 Å². The molecule has 7 heteroatoms. The summed E-state index contributed by atoms with van der Waals surface area (Å²) >= 11 is 1.67. The molecule has 1 aromatic carbocycles. The van der Waals surface area contributed by atoms with E-state index in [9.17, 15) is 4.39 Å². The Hall–Kier alpha value is -2.41. The molecule has 25 heavy (non-hydrogen) atoms. The van der Waals surface area contributed by atoms with Crippen LogP contribution in [0.25, 0.3) is 10.9 Å². The molecule has 0 spiro atoms. The van der Waals surface area contributed by atoms with Crippen LogP contribution in [0.5, 0.6) is 0 Å². The second-order valence-electron chi connectivity index (χ2n) is 5.79. The van der Waals surface area contributed by atoms with Crippen molar-refractivity contribution >= 4 is 28.2 Å². The van der Waals surface area contributed by atoms with Gasteiger partial charge in [0.2, 0.25) is 0 Å². The van der Waals surface area contributed by atoms with Crippen molar-refractivity contribution in [2.24, 2.45) is 4.99 Å². The highest BCUT2D eigenvalue weighted by Gasteiger charge is 2.05. The number of aliphatic imine (C=N–C) groups is 1. The molecule has 132 valence electrons. The number of rotatable bonds is 6. The number of aromatic amines is 1. The third kappa shape index (κ3) is 4.57. The number of aromatic nitrogens is 2. The molecule has 0 atom stereocenters. The smallest absolute Gasteiger partial charge is 0.190 e. The molecule has 0 saturated carbocycles. The molecule has 0 radical (unpaired) electrons. The predicted octanol–water partition coefficient (Wildman–Crippen LogP) is 3.02. The first kappa shape index (κ1) is 17.4. The summed E-state index contributed by atoms with van der Waals surface area (Å²) in [6, 6.07) is 4.83. The van der Waals surface area contributed by atoms with Gasteiger partial charge in [-0.1, -0.05) is 0 Å². The third-order valence-corrected chi connectivity index (χ3v) is 4.80. The predicted molar refractivity (Wildman–Crippen MR) is 102 cm³/mol. The van der Waals surface area contributed by atoms with Gasteiger partial charge in [0.05, 0.1) is 10.7 Å². The monoisotopic (exact) mass is 359 g/mol. The van der Waals surface area contributed by atoms with Gasteiger partial charge in [-0.2, -0.15) is 0 Å². The summed E-state index contributed by atoms with van der Waals surface area (Å²) in [5.74, 6) is 0.553. The Morgan fingerprint density at radius 3 is 2.80 bits per heavy atom. The lowest BCUT2D eigenvalue weighted by Gasteiger charge is -2.11. The Kier molecular flexibility index (Phi) is 5.65. The largest absolute Gasteiger partial charge is 0.361 e. The average molecular weight is 359 g/mol. The SMILES string of the molecule is CN=C(NCCc1csc(C)n1)NCCc1c[nH]c2cc(F)ccc12. The summed E-state index contributed by atoms with van der Waals surface area (Å²) in [6.45, 7) is 3.55. The fourth-order valence-corrected chi connectivity index (χ4v) is 3.38. The van der Waals surface area contributed by atoms with Gasteiger partial charge in [-0.15, -0.1) is 11.3 Å². The highest BCUT2D eigenvalue weighted by molar-refractivity contribution is 7.09. The highest BCUT2D eigenvalue weighted by atomic mass is 32.1. The molecule has 0 saturated heterocycles. The van der Waals surface area contributed by atoms with E-state index in [0.717, 1.165) is 59.1 Å². The second-order valence-corrected chi connectivity index (χ2v) is 6.85. The van der Waals surface area contributed by atoms with Crippen LogP contribution in [-0.4, -0.2) is 36.1 Å². The van der Waals surface area contributed by atoms with Gasteiger partial charge in [0, 0.05) is 49.0 Å². The van der Waals surface area contributed by atoms with Gasteiger partial charge in [-0.25, -0.2) is 9.37 Å². The fraction of sp³-hybridized carbons (Fsp3) is 0.333. The van der Waals surface area contributed by atoms with Gasteiger partial charge < -0.3 is 15.6 Å². The minimum Gasteiger partial charge on any atom is -0.361 e. The molecular weight excluding hydrogens is 337 g/mol. The highest BCUT2D eigenvalue weighted by Crippen LogP contribution is 2.19. The van der Waals surface area contributed by atoms with E-state index in [0.29, 0.717) is 0 Å². The van der Waals surface area contributed by atoms with Crippen LogP contribution in [0.4, 0.5) is 4.39 Å². The fourth-order valence-electron chi connectivity index (χ4n) is 2.73. The first-order valence-corrected chi connectivity index (χ1v) is 9.14. The lowest BCUT2D eigenvalue weighted by atomic mass is 10.1. The zero-order chi connectivity index (χ0) is 17.6. The molecule has 0 bridgehead atoms. The molecule has 3 aromatic rings. The number of thiazole rings is 1. The number of hydrogen-bond donors (Lipinski definition) is 3. The topological polar surface area (TPSA) is 65.1 Å². The summed E-state index contributed by atoms with van der Waals surface area (Å²) in [7, 11) is 1.76. The molecule has 3 N–H and O–H groups in total. The van der Waals surface area contributed by atoms with Crippen molar-refractivity contribution in [2.45, 2.75) is 19.8 Å². The number of halogens is 1. The number of nitrogens with zero attached hydrogens (tertiary/aromatic N) is 2. The first-order chi connectivity index (χ1) is 12.2. The molecule has 2 aromatic heterocycles. The number of benzene rings is 1. The number of fused-ring (bicyclic) bond motifs is 1. The van der Waals surface area contributed by atoms with Gasteiger partial charge in [0.15, 0.2) is 5.96 Å². The van der Waals surface area contributed by atoms with Crippen molar-refractivity contribution in [3.8, 4) is 0 Å². The first-order valence-electron chi connectivity index (χ1n) is 8.27. The van der Waals surface area contributed by atoms with Crippen LogP contribution in [0.3, 0.4) is 0 Å². The van der Waals surface area contributed by atoms with Gasteiger partial charge in [-0.05, 0) is 37.1 Å². The summed E-state index contributed by atoms with van der Waals surface area (Å²) in [6.07, 6.45) is 3.64. The molecule has 3 rings (SSSR count). The van der Waals surface area contributed by atoms with E-state index in [1.165, 1.54) is 12.1 Å². The molecule has 0 unspecified atom stereocenters. The van der Waals surface area contributed by atoms with Crippen molar-refractivity contribution in [1.82, 2.24) is 20.6 Å². The lowest BCUT2D eigenvalue weighted by Crippen LogP contribution is -2.39.